The highest BCUT2D eigenvalue weighted by Gasteiger charge is 2.33. The number of anilines is 1. The zero-order chi connectivity index (χ0) is 12.7. The van der Waals surface area contributed by atoms with Crippen molar-refractivity contribution in [3.63, 3.8) is 0 Å². The van der Waals surface area contributed by atoms with Gasteiger partial charge in [-0.25, -0.2) is 4.98 Å². The van der Waals surface area contributed by atoms with Crippen LogP contribution in [0, 0.1) is 0 Å². The molecule has 1 aromatic heterocycles. The van der Waals surface area contributed by atoms with Gasteiger partial charge in [0.05, 0.1) is 22.2 Å². The van der Waals surface area contributed by atoms with E-state index in [-0.39, 0.29) is 0 Å². The van der Waals surface area contributed by atoms with Crippen LogP contribution in [0.5, 0.6) is 0 Å². The maximum Gasteiger partial charge on any atom is 0.201 e. The second-order valence-corrected chi connectivity index (χ2v) is 5.06. The van der Waals surface area contributed by atoms with Crippen LogP contribution in [0.4, 0.5) is 5.95 Å². The maximum absolute atomic E-state index is 6.25. The van der Waals surface area contributed by atoms with Crippen LogP contribution in [0.25, 0.3) is 11.0 Å². The van der Waals surface area contributed by atoms with E-state index < -0.39 is 0 Å². The molecule has 18 heavy (non-hydrogen) atoms. The van der Waals surface area contributed by atoms with E-state index in [9.17, 15) is 0 Å². The Morgan fingerprint density at radius 3 is 3.00 bits per heavy atom. The second kappa shape index (κ2) is 4.44. The van der Waals surface area contributed by atoms with Gasteiger partial charge < -0.3 is 15.0 Å². The van der Waals surface area contributed by atoms with Crippen molar-refractivity contribution in [2.75, 3.05) is 12.3 Å². The van der Waals surface area contributed by atoms with E-state index in [1.54, 1.807) is 0 Å². The molecule has 0 unspecified atom stereocenters. The summed E-state index contributed by atoms with van der Waals surface area (Å²) < 4.78 is 7.63. The molecule has 2 N–H and O–H groups in total. The first kappa shape index (κ1) is 11.8. The largest absolute Gasteiger partial charge is 0.378 e. The van der Waals surface area contributed by atoms with Gasteiger partial charge in [-0.1, -0.05) is 17.7 Å². The number of imidazole rings is 1. The van der Waals surface area contributed by atoms with Crippen LogP contribution < -0.4 is 5.73 Å². The van der Waals surface area contributed by atoms with Crippen molar-refractivity contribution in [2.24, 2.45) is 0 Å². The number of fused-ring (bicyclic) bond motifs is 1. The molecule has 96 valence electrons. The van der Waals surface area contributed by atoms with Crippen LogP contribution in [0.3, 0.4) is 0 Å². The number of benzene rings is 1. The van der Waals surface area contributed by atoms with Crippen molar-refractivity contribution in [3.8, 4) is 0 Å². The first-order valence-electron chi connectivity index (χ1n) is 6.24. The molecule has 1 fully saturated rings. The SMILES string of the molecule is CCOC1CC(n2c(N)nc3cccc(Cl)c32)C1. The van der Waals surface area contributed by atoms with Gasteiger partial charge in [0, 0.05) is 12.6 Å². The minimum absolute atomic E-state index is 0.347. The third-order valence-electron chi connectivity index (χ3n) is 3.53. The number of halogens is 1. The number of nitrogen functional groups attached to an aromatic ring is 1. The third kappa shape index (κ3) is 1.76. The average molecular weight is 266 g/mol. The van der Waals surface area contributed by atoms with Gasteiger partial charge in [0.1, 0.15) is 0 Å². The van der Waals surface area contributed by atoms with Crippen molar-refractivity contribution in [1.82, 2.24) is 9.55 Å². The van der Waals surface area contributed by atoms with E-state index in [4.69, 9.17) is 22.1 Å². The Kier molecular flexibility index (Phi) is 2.92. The Morgan fingerprint density at radius 2 is 2.28 bits per heavy atom. The summed E-state index contributed by atoms with van der Waals surface area (Å²) in [7, 11) is 0. The van der Waals surface area contributed by atoms with Gasteiger partial charge in [0.25, 0.3) is 0 Å². The van der Waals surface area contributed by atoms with Crippen molar-refractivity contribution < 1.29 is 4.74 Å². The highest BCUT2D eigenvalue weighted by atomic mass is 35.5. The fourth-order valence-electron chi connectivity index (χ4n) is 2.61. The van der Waals surface area contributed by atoms with E-state index in [1.165, 1.54) is 0 Å². The van der Waals surface area contributed by atoms with Crippen molar-refractivity contribution in [1.29, 1.82) is 0 Å². The molecular weight excluding hydrogens is 250 g/mol. The number of hydrogen-bond acceptors (Lipinski definition) is 3. The van der Waals surface area contributed by atoms with E-state index in [1.807, 2.05) is 29.7 Å². The van der Waals surface area contributed by atoms with Crippen LogP contribution in [0.15, 0.2) is 18.2 Å². The van der Waals surface area contributed by atoms with E-state index in [0.717, 1.165) is 30.5 Å². The summed E-state index contributed by atoms with van der Waals surface area (Å²) in [5.74, 6) is 0.540. The van der Waals surface area contributed by atoms with Crippen LogP contribution in [-0.4, -0.2) is 22.3 Å². The number of ether oxygens (including phenoxy) is 1. The highest BCUT2D eigenvalue weighted by molar-refractivity contribution is 6.35. The van der Waals surface area contributed by atoms with Gasteiger partial charge in [-0.2, -0.15) is 0 Å². The van der Waals surface area contributed by atoms with Crippen LogP contribution in [-0.2, 0) is 4.74 Å². The summed E-state index contributed by atoms with van der Waals surface area (Å²) in [5.41, 5.74) is 7.81. The first-order valence-corrected chi connectivity index (χ1v) is 6.62. The third-order valence-corrected chi connectivity index (χ3v) is 3.83. The molecule has 0 bridgehead atoms. The average Bonchev–Trinajstić information content (AvgIpc) is 2.61. The van der Waals surface area contributed by atoms with E-state index in [0.29, 0.717) is 23.1 Å². The minimum atomic E-state index is 0.347. The number of nitrogens with zero attached hydrogens (tertiary/aromatic N) is 2. The molecule has 2 aromatic rings. The molecule has 0 amide bonds. The molecule has 3 rings (SSSR count). The van der Waals surface area contributed by atoms with Crippen molar-refractivity contribution >= 4 is 28.6 Å². The predicted molar refractivity (Wildman–Crippen MR) is 72.8 cm³/mol. The Labute approximate surface area is 111 Å². The number of aromatic nitrogens is 2. The van der Waals surface area contributed by atoms with Gasteiger partial charge in [-0.05, 0) is 31.9 Å². The van der Waals surface area contributed by atoms with Crippen LogP contribution in [0.1, 0.15) is 25.8 Å². The molecule has 0 spiro atoms. The molecule has 1 heterocycles. The molecular formula is C13H16ClN3O. The molecule has 1 saturated carbocycles. The Hall–Kier alpha value is -1.26. The smallest absolute Gasteiger partial charge is 0.201 e. The zero-order valence-electron chi connectivity index (χ0n) is 10.3. The summed E-state index contributed by atoms with van der Waals surface area (Å²) in [5, 5.41) is 0.705. The summed E-state index contributed by atoms with van der Waals surface area (Å²) >= 11 is 6.25. The number of hydrogen-bond donors (Lipinski definition) is 1. The molecule has 0 aliphatic heterocycles. The lowest BCUT2D eigenvalue weighted by atomic mass is 9.89. The highest BCUT2D eigenvalue weighted by Crippen LogP contribution is 2.39. The summed E-state index contributed by atoms with van der Waals surface area (Å²) in [6, 6.07) is 6.06. The molecule has 0 saturated heterocycles. The number of nitrogens with two attached hydrogens (primary N) is 1. The summed E-state index contributed by atoms with van der Waals surface area (Å²) in [4.78, 5) is 4.36. The van der Waals surface area contributed by atoms with E-state index >= 15 is 0 Å². The van der Waals surface area contributed by atoms with Gasteiger partial charge in [-0.15, -0.1) is 0 Å². The first-order chi connectivity index (χ1) is 8.70. The standard InChI is InChI=1S/C13H16ClN3O/c1-2-18-9-6-8(7-9)17-12-10(14)4-3-5-11(12)16-13(17)15/h3-5,8-9H,2,6-7H2,1H3,(H2,15,16). The maximum atomic E-state index is 6.25. The number of rotatable bonds is 3. The van der Waals surface area contributed by atoms with Crippen LogP contribution >= 0.6 is 11.6 Å². The normalized spacial score (nSPS) is 23.2. The minimum Gasteiger partial charge on any atom is -0.378 e. The molecule has 1 aliphatic rings. The molecule has 4 nitrogen and oxygen atoms in total. The lowest BCUT2D eigenvalue weighted by Crippen LogP contribution is -2.33. The Bertz CT molecular complexity index is 575. The Morgan fingerprint density at radius 1 is 1.50 bits per heavy atom. The molecule has 5 heteroatoms. The molecule has 1 aliphatic carbocycles. The second-order valence-electron chi connectivity index (χ2n) is 4.65. The summed E-state index contributed by atoms with van der Waals surface area (Å²) in [6.45, 7) is 2.78. The van der Waals surface area contributed by atoms with Crippen molar-refractivity contribution in [3.05, 3.63) is 23.2 Å². The molecule has 0 atom stereocenters. The topological polar surface area (TPSA) is 53.1 Å². The lowest BCUT2D eigenvalue weighted by Gasteiger charge is -2.36. The van der Waals surface area contributed by atoms with Gasteiger partial charge in [0.15, 0.2) is 0 Å². The molecule has 0 radical (unpaired) electrons. The zero-order valence-corrected chi connectivity index (χ0v) is 11.0. The van der Waals surface area contributed by atoms with Crippen LogP contribution in [0.2, 0.25) is 5.02 Å². The van der Waals surface area contributed by atoms with Gasteiger partial charge in [-0.3, -0.25) is 0 Å². The lowest BCUT2D eigenvalue weighted by molar-refractivity contribution is -0.0181. The number of para-hydroxylation sites is 1. The fourth-order valence-corrected chi connectivity index (χ4v) is 2.88. The van der Waals surface area contributed by atoms with Gasteiger partial charge >= 0.3 is 0 Å². The summed E-state index contributed by atoms with van der Waals surface area (Å²) in [6.07, 6.45) is 2.31. The van der Waals surface area contributed by atoms with E-state index in [2.05, 4.69) is 4.98 Å². The molecule has 1 aromatic carbocycles. The quantitative estimate of drug-likeness (QED) is 0.928. The fraction of sp³-hybridized carbons (Fsp3) is 0.462. The Balaban J connectivity index is 1.95. The monoisotopic (exact) mass is 265 g/mol. The van der Waals surface area contributed by atoms with Gasteiger partial charge in [0.2, 0.25) is 5.95 Å². The predicted octanol–water partition coefficient (Wildman–Crippen LogP) is 3.01. The van der Waals surface area contributed by atoms with Crippen molar-refractivity contribution in [2.45, 2.75) is 31.9 Å².